The molecule has 1 aliphatic rings. The number of nitrogens with zero attached hydrogens (tertiary/aromatic N) is 3. The highest BCUT2D eigenvalue weighted by molar-refractivity contribution is 6.30. The van der Waals surface area contributed by atoms with Crippen molar-refractivity contribution >= 4 is 23.2 Å². The maximum atomic E-state index is 12.2. The molecule has 0 bridgehead atoms. The van der Waals surface area contributed by atoms with Gasteiger partial charge in [0.1, 0.15) is 12.3 Å². The quantitative estimate of drug-likeness (QED) is 0.717. The lowest BCUT2D eigenvalue weighted by molar-refractivity contribution is -0.121. The smallest absolute Gasteiger partial charge is 0.265 e. The number of fused-ring (bicyclic) bond motifs is 1. The molecule has 126 valence electrons. The van der Waals surface area contributed by atoms with Crippen molar-refractivity contribution in [1.82, 2.24) is 10.1 Å². The molecule has 0 N–H and O–H groups in total. The lowest BCUT2D eigenvalue weighted by atomic mass is 10.1. The molecule has 0 radical (unpaired) electrons. The van der Waals surface area contributed by atoms with Crippen LogP contribution < -0.4 is 9.64 Å². The predicted octanol–water partition coefficient (Wildman–Crippen LogP) is 3.62. The van der Waals surface area contributed by atoms with Crippen molar-refractivity contribution in [2.75, 3.05) is 11.5 Å². The van der Waals surface area contributed by atoms with Crippen molar-refractivity contribution in [2.45, 2.75) is 13.5 Å². The first-order chi connectivity index (χ1) is 12.1. The second-order valence-corrected chi connectivity index (χ2v) is 6.19. The number of carbonyl (C=O) groups excluding carboxylic acids is 1. The number of aryl methyl sites for hydroxylation is 1. The molecule has 4 rings (SSSR count). The van der Waals surface area contributed by atoms with Crippen LogP contribution >= 0.6 is 11.6 Å². The van der Waals surface area contributed by atoms with Crippen LogP contribution in [0.5, 0.6) is 5.75 Å². The average Bonchev–Trinajstić information content (AvgIpc) is 3.07. The van der Waals surface area contributed by atoms with Crippen LogP contribution in [0.3, 0.4) is 0 Å². The Morgan fingerprint density at radius 1 is 1.20 bits per heavy atom. The third-order valence-corrected chi connectivity index (χ3v) is 4.17. The monoisotopic (exact) mass is 355 g/mol. The molecule has 2 heterocycles. The van der Waals surface area contributed by atoms with Gasteiger partial charge in [0.2, 0.25) is 11.7 Å². The van der Waals surface area contributed by atoms with Gasteiger partial charge in [0, 0.05) is 16.7 Å². The number of hydrogen-bond donors (Lipinski definition) is 0. The summed E-state index contributed by atoms with van der Waals surface area (Å²) < 4.78 is 10.7. The first-order valence-electron chi connectivity index (χ1n) is 7.72. The number of hydrogen-bond acceptors (Lipinski definition) is 5. The van der Waals surface area contributed by atoms with Gasteiger partial charge in [-0.2, -0.15) is 4.98 Å². The fourth-order valence-corrected chi connectivity index (χ4v) is 2.79. The number of amides is 1. The van der Waals surface area contributed by atoms with Crippen molar-refractivity contribution in [2.24, 2.45) is 0 Å². The van der Waals surface area contributed by atoms with Crippen LogP contribution in [0.4, 0.5) is 5.69 Å². The lowest BCUT2D eigenvalue weighted by Gasteiger charge is -2.28. The van der Waals surface area contributed by atoms with Gasteiger partial charge >= 0.3 is 0 Å². The minimum atomic E-state index is -0.176. The molecule has 1 amide bonds. The molecule has 3 aromatic rings. The summed E-state index contributed by atoms with van der Waals surface area (Å²) in [5.41, 5.74) is 2.65. The van der Waals surface area contributed by atoms with Crippen LogP contribution in [-0.2, 0) is 11.3 Å². The van der Waals surface area contributed by atoms with E-state index < -0.39 is 0 Å². The maximum Gasteiger partial charge on any atom is 0.265 e. The number of anilines is 1. The highest BCUT2D eigenvalue weighted by Crippen LogP contribution is 2.35. The van der Waals surface area contributed by atoms with E-state index in [2.05, 4.69) is 10.1 Å². The van der Waals surface area contributed by atoms with E-state index in [1.165, 1.54) is 0 Å². The molecule has 7 heteroatoms. The van der Waals surface area contributed by atoms with Crippen molar-refractivity contribution < 1.29 is 14.1 Å². The molecule has 0 spiro atoms. The van der Waals surface area contributed by atoms with Crippen LogP contribution in [0.25, 0.3) is 11.4 Å². The van der Waals surface area contributed by atoms with Crippen LogP contribution in [0.2, 0.25) is 5.02 Å². The van der Waals surface area contributed by atoms with Gasteiger partial charge in [-0.05, 0) is 19.1 Å². The van der Waals surface area contributed by atoms with E-state index in [9.17, 15) is 4.79 Å². The molecule has 0 atom stereocenters. The van der Waals surface area contributed by atoms with Crippen molar-refractivity contribution in [3.63, 3.8) is 0 Å². The molecule has 6 nitrogen and oxygen atoms in total. The zero-order chi connectivity index (χ0) is 17.4. The zero-order valence-electron chi connectivity index (χ0n) is 13.4. The minimum absolute atomic E-state index is 0.0493. The molecular formula is C18H14ClN3O3. The number of benzene rings is 2. The van der Waals surface area contributed by atoms with E-state index in [1.54, 1.807) is 23.1 Å². The third-order valence-electron chi connectivity index (χ3n) is 3.94. The van der Waals surface area contributed by atoms with Gasteiger partial charge in [-0.25, -0.2) is 0 Å². The van der Waals surface area contributed by atoms with Crippen LogP contribution in [0.1, 0.15) is 11.5 Å². The second-order valence-electron chi connectivity index (χ2n) is 5.76. The van der Waals surface area contributed by atoms with Crippen LogP contribution in [0.15, 0.2) is 47.0 Å². The molecule has 1 aliphatic heterocycles. The summed E-state index contributed by atoms with van der Waals surface area (Å²) in [6, 6.07) is 13.0. The largest absolute Gasteiger partial charge is 0.482 e. The van der Waals surface area contributed by atoms with Crippen LogP contribution in [-0.4, -0.2) is 22.7 Å². The summed E-state index contributed by atoms with van der Waals surface area (Å²) in [5.74, 6) is 1.23. The van der Waals surface area contributed by atoms with Gasteiger partial charge in [-0.1, -0.05) is 46.6 Å². The second kappa shape index (κ2) is 6.22. The fourth-order valence-electron chi connectivity index (χ4n) is 2.63. The SMILES string of the molecule is Cc1ccc(-c2noc(CN3C(=O)COc4cc(Cl)ccc43)n2)cc1. The summed E-state index contributed by atoms with van der Waals surface area (Å²) in [6.45, 7) is 2.14. The van der Waals surface area contributed by atoms with Crippen molar-refractivity contribution in [3.05, 3.63) is 58.9 Å². The molecule has 0 saturated heterocycles. The normalized spacial score (nSPS) is 13.5. The van der Waals surface area contributed by atoms with Gasteiger partial charge in [0.15, 0.2) is 6.61 Å². The standard InChI is InChI=1S/C18H14ClN3O3/c1-11-2-4-12(5-3-11)18-20-16(25-21-18)9-22-14-7-6-13(19)8-15(14)24-10-17(22)23/h2-8H,9-10H2,1H3. The van der Waals surface area contributed by atoms with Gasteiger partial charge in [-0.15, -0.1) is 0 Å². The van der Waals surface area contributed by atoms with Crippen molar-refractivity contribution in [3.8, 4) is 17.1 Å². The average molecular weight is 356 g/mol. The Morgan fingerprint density at radius 3 is 2.80 bits per heavy atom. The summed E-state index contributed by atoms with van der Waals surface area (Å²) in [6.07, 6.45) is 0. The molecule has 0 unspecified atom stereocenters. The van der Waals surface area contributed by atoms with E-state index >= 15 is 0 Å². The molecule has 25 heavy (non-hydrogen) atoms. The lowest BCUT2D eigenvalue weighted by Crippen LogP contribution is -2.38. The Hall–Kier alpha value is -2.86. The number of aromatic nitrogens is 2. The first kappa shape index (κ1) is 15.7. The van der Waals surface area contributed by atoms with E-state index in [-0.39, 0.29) is 19.1 Å². The number of rotatable bonds is 3. The van der Waals surface area contributed by atoms with Crippen LogP contribution in [0, 0.1) is 6.92 Å². The Morgan fingerprint density at radius 2 is 2.00 bits per heavy atom. The summed E-state index contributed by atoms with van der Waals surface area (Å²) in [5, 5.41) is 4.55. The first-order valence-corrected chi connectivity index (χ1v) is 8.10. The highest BCUT2D eigenvalue weighted by Gasteiger charge is 2.27. The number of ether oxygens (including phenoxy) is 1. The van der Waals surface area contributed by atoms with E-state index in [0.29, 0.717) is 28.2 Å². The third kappa shape index (κ3) is 3.08. The Kier molecular flexibility index (Phi) is 3.89. The van der Waals surface area contributed by atoms with E-state index in [0.717, 1.165) is 11.1 Å². The molecule has 1 aromatic heterocycles. The molecule has 0 aliphatic carbocycles. The fraction of sp³-hybridized carbons (Fsp3) is 0.167. The van der Waals surface area contributed by atoms with Gasteiger partial charge in [0.05, 0.1) is 5.69 Å². The Bertz CT molecular complexity index is 937. The Labute approximate surface area is 149 Å². The highest BCUT2D eigenvalue weighted by atomic mass is 35.5. The molecule has 2 aromatic carbocycles. The van der Waals surface area contributed by atoms with Gasteiger partial charge in [0.25, 0.3) is 5.91 Å². The number of halogens is 1. The van der Waals surface area contributed by atoms with E-state index in [4.69, 9.17) is 20.9 Å². The van der Waals surface area contributed by atoms with E-state index in [1.807, 2.05) is 31.2 Å². The van der Waals surface area contributed by atoms with Gasteiger partial charge < -0.3 is 9.26 Å². The minimum Gasteiger partial charge on any atom is -0.482 e. The van der Waals surface area contributed by atoms with Gasteiger partial charge in [-0.3, -0.25) is 9.69 Å². The number of carbonyl (C=O) groups is 1. The zero-order valence-corrected chi connectivity index (χ0v) is 14.2. The van der Waals surface area contributed by atoms with Crippen molar-refractivity contribution in [1.29, 1.82) is 0 Å². The summed E-state index contributed by atoms with van der Waals surface area (Å²) in [4.78, 5) is 18.2. The molecule has 0 saturated carbocycles. The maximum absolute atomic E-state index is 12.2. The molecule has 0 fully saturated rings. The summed E-state index contributed by atoms with van der Waals surface area (Å²) >= 11 is 5.98. The topological polar surface area (TPSA) is 68.5 Å². The molecular weight excluding hydrogens is 342 g/mol. The Balaban J connectivity index is 1.60. The summed E-state index contributed by atoms with van der Waals surface area (Å²) in [7, 11) is 0. The predicted molar refractivity (Wildman–Crippen MR) is 92.6 cm³/mol.